The van der Waals surface area contributed by atoms with Gasteiger partial charge in [-0.25, -0.2) is 9.07 Å². The molecule has 0 saturated heterocycles. The van der Waals surface area contributed by atoms with Gasteiger partial charge in [-0.2, -0.15) is 0 Å². The molecule has 3 rings (SSSR count). The summed E-state index contributed by atoms with van der Waals surface area (Å²) in [6.45, 7) is 2.17. The van der Waals surface area contributed by atoms with E-state index >= 15 is 0 Å². The van der Waals surface area contributed by atoms with E-state index in [1.54, 1.807) is 6.20 Å². The van der Waals surface area contributed by atoms with Gasteiger partial charge >= 0.3 is 0 Å². The van der Waals surface area contributed by atoms with Crippen LogP contribution in [0.5, 0.6) is 0 Å². The van der Waals surface area contributed by atoms with Crippen molar-refractivity contribution in [3.05, 3.63) is 76.3 Å². The average Bonchev–Trinajstić information content (AvgIpc) is 3.04. The highest BCUT2D eigenvalue weighted by molar-refractivity contribution is 6.31. The molecule has 7 heteroatoms. The number of hydrogen-bond donors (Lipinski definition) is 1. The van der Waals surface area contributed by atoms with Crippen molar-refractivity contribution in [2.75, 3.05) is 0 Å². The Morgan fingerprint density at radius 1 is 1.25 bits per heavy atom. The minimum Gasteiger partial charge on any atom is -0.346 e. The summed E-state index contributed by atoms with van der Waals surface area (Å²) in [7, 11) is 0. The highest BCUT2D eigenvalue weighted by Gasteiger charge is 2.12. The molecular formula is C17H14ClFN4O. The van der Waals surface area contributed by atoms with Crippen LogP contribution >= 0.6 is 11.6 Å². The van der Waals surface area contributed by atoms with Crippen molar-refractivity contribution in [1.29, 1.82) is 0 Å². The van der Waals surface area contributed by atoms with Gasteiger partial charge in [-0.05, 0) is 36.8 Å². The Balaban J connectivity index is 1.68. The van der Waals surface area contributed by atoms with Crippen molar-refractivity contribution in [3.8, 4) is 5.69 Å². The lowest BCUT2D eigenvalue weighted by Crippen LogP contribution is -2.23. The van der Waals surface area contributed by atoms with Crippen LogP contribution in [0.25, 0.3) is 5.69 Å². The van der Waals surface area contributed by atoms with Gasteiger partial charge < -0.3 is 5.32 Å². The Hall–Kier alpha value is -2.73. The van der Waals surface area contributed by atoms with E-state index in [2.05, 4.69) is 15.6 Å². The van der Waals surface area contributed by atoms with Crippen molar-refractivity contribution in [2.45, 2.75) is 13.5 Å². The fraction of sp³-hybridized carbons (Fsp3) is 0.118. The first-order chi connectivity index (χ1) is 11.5. The smallest absolute Gasteiger partial charge is 0.273 e. The van der Waals surface area contributed by atoms with E-state index in [-0.39, 0.29) is 23.2 Å². The van der Waals surface area contributed by atoms with Crippen LogP contribution in [0.2, 0.25) is 5.02 Å². The molecule has 24 heavy (non-hydrogen) atoms. The maximum absolute atomic E-state index is 13.0. The number of halogens is 2. The van der Waals surface area contributed by atoms with Crippen LogP contribution in [-0.4, -0.2) is 20.9 Å². The fourth-order valence-corrected chi connectivity index (χ4v) is 2.36. The molecule has 2 aromatic carbocycles. The molecule has 1 heterocycles. The van der Waals surface area contributed by atoms with Crippen LogP contribution in [0, 0.1) is 12.7 Å². The third kappa shape index (κ3) is 3.60. The van der Waals surface area contributed by atoms with E-state index in [1.807, 2.05) is 31.2 Å². The number of aromatic nitrogens is 3. The second kappa shape index (κ2) is 6.80. The first-order valence-corrected chi connectivity index (χ1v) is 7.62. The van der Waals surface area contributed by atoms with Gasteiger partial charge in [0.15, 0.2) is 5.69 Å². The summed E-state index contributed by atoms with van der Waals surface area (Å²) in [5.74, 6) is -0.801. The van der Waals surface area contributed by atoms with E-state index in [0.717, 1.165) is 11.3 Å². The molecule has 0 aliphatic heterocycles. The minimum atomic E-state index is -0.420. The summed E-state index contributed by atoms with van der Waals surface area (Å²) in [6, 6.07) is 11.7. The van der Waals surface area contributed by atoms with E-state index in [4.69, 9.17) is 11.6 Å². The number of nitrogens with one attached hydrogen (secondary N) is 1. The van der Waals surface area contributed by atoms with E-state index < -0.39 is 5.82 Å². The lowest BCUT2D eigenvalue weighted by Gasteiger charge is -2.05. The molecule has 1 aromatic heterocycles. The lowest BCUT2D eigenvalue weighted by molar-refractivity contribution is 0.0946. The maximum atomic E-state index is 13.0. The monoisotopic (exact) mass is 344 g/mol. The van der Waals surface area contributed by atoms with E-state index in [1.165, 1.54) is 22.9 Å². The molecule has 5 nitrogen and oxygen atoms in total. The van der Waals surface area contributed by atoms with Gasteiger partial charge in [0.1, 0.15) is 5.82 Å². The highest BCUT2D eigenvalue weighted by Crippen LogP contribution is 2.17. The number of carbonyl (C=O) groups is 1. The molecule has 0 spiro atoms. The number of amides is 1. The van der Waals surface area contributed by atoms with E-state index in [0.29, 0.717) is 5.56 Å². The van der Waals surface area contributed by atoms with Gasteiger partial charge in [-0.1, -0.05) is 40.6 Å². The second-order valence-corrected chi connectivity index (χ2v) is 5.71. The average molecular weight is 345 g/mol. The van der Waals surface area contributed by atoms with Crippen LogP contribution < -0.4 is 5.32 Å². The number of carbonyl (C=O) groups excluding carboxylic acids is 1. The molecule has 122 valence electrons. The molecule has 1 N–H and O–H groups in total. The zero-order valence-electron chi connectivity index (χ0n) is 12.8. The maximum Gasteiger partial charge on any atom is 0.273 e. The Morgan fingerprint density at radius 2 is 2.00 bits per heavy atom. The summed E-state index contributed by atoms with van der Waals surface area (Å²) in [4.78, 5) is 12.2. The van der Waals surface area contributed by atoms with Gasteiger partial charge in [0.05, 0.1) is 11.9 Å². The first kappa shape index (κ1) is 16.1. The Labute approximate surface area is 143 Å². The number of hydrogen-bond acceptors (Lipinski definition) is 3. The fourth-order valence-electron chi connectivity index (χ4n) is 2.12. The van der Waals surface area contributed by atoms with Gasteiger partial charge in [0.2, 0.25) is 0 Å². The highest BCUT2D eigenvalue weighted by atomic mass is 35.5. The number of nitrogens with zero attached hydrogens (tertiary/aromatic N) is 3. The quantitative estimate of drug-likeness (QED) is 0.790. The first-order valence-electron chi connectivity index (χ1n) is 7.24. The minimum absolute atomic E-state index is 0.176. The summed E-state index contributed by atoms with van der Waals surface area (Å²) in [6.07, 6.45) is 1.55. The number of rotatable bonds is 4. The van der Waals surface area contributed by atoms with Gasteiger partial charge in [0, 0.05) is 11.6 Å². The molecule has 0 atom stereocenters. The largest absolute Gasteiger partial charge is 0.346 e. The number of aryl methyl sites for hydroxylation is 1. The third-order valence-electron chi connectivity index (χ3n) is 3.48. The molecule has 0 fully saturated rings. The number of benzene rings is 2. The topological polar surface area (TPSA) is 59.8 Å². The van der Waals surface area contributed by atoms with Crippen LogP contribution in [-0.2, 0) is 6.54 Å². The predicted octanol–water partition coefficient (Wildman–Crippen LogP) is 3.30. The third-order valence-corrected chi connectivity index (χ3v) is 3.83. The summed E-state index contributed by atoms with van der Waals surface area (Å²) < 4.78 is 14.5. The normalized spacial score (nSPS) is 10.6. The molecular weight excluding hydrogens is 331 g/mol. The van der Waals surface area contributed by atoms with Crippen LogP contribution in [0.1, 0.15) is 21.6 Å². The predicted molar refractivity (Wildman–Crippen MR) is 88.7 cm³/mol. The van der Waals surface area contributed by atoms with Crippen LogP contribution in [0.3, 0.4) is 0 Å². The van der Waals surface area contributed by atoms with Crippen molar-refractivity contribution in [2.24, 2.45) is 0 Å². The van der Waals surface area contributed by atoms with Gasteiger partial charge in [0.25, 0.3) is 5.91 Å². The van der Waals surface area contributed by atoms with Crippen LogP contribution in [0.15, 0.2) is 48.7 Å². The van der Waals surface area contributed by atoms with Crippen molar-refractivity contribution in [3.63, 3.8) is 0 Å². The zero-order valence-corrected chi connectivity index (χ0v) is 13.6. The molecule has 0 aliphatic carbocycles. The molecule has 3 aromatic rings. The van der Waals surface area contributed by atoms with Crippen molar-refractivity contribution in [1.82, 2.24) is 20.3 Å². The Bertz CT molecular complexity index is 877. The molecule has 0 radical (unpaired) electrons. The molecule has 1 amide bonds. The second-order valence-electron chi connectivity index (χ2n) is 5.30. The van der Waals surface area contributed by atoms with Gasteiger partial charge in [-0.3, -0.25) is 4.79 Å². The van der Waals surface area contributed by atoms with E-state index in [9.17, 15) is 9.18 Å². The lowest BCUT2D eigenvalue weighted by atomic mass is 10.2. The van der Waals surface area contributed by atoms with Crippen LogP contribution in [0.4, 0.5) is 4.39 Å². The molecule has 0 saturated carbocycles. The molecule has 0 aliphatic rings. The Morgan fingerprint density at radius 3 is 2.71 bits per heavy atom. The molecule has 0 unspecified atom stereocenters. The summed E-state index contributed by atoms with van der Waals surface area (Å²) in [5, 5.41) is 10.8. The van der Waals surface area contributed by atoms with Gasteiger partial charge in [-0.15, -0.1) is 5.10 Å². The van der Waals surface area contributed by atoms with Crippen molar-refractivity contribution >= 4 is 17.5 Å². The zero-order chi connectivity index (χ0) is 17.1. The van der Waals surface area contributed by atoms with Crippen molar-refractivity contribution < 1.29 is 9.18 Å². The summed E-state index contributed by atoms with van der Waals surface area (Å²) >= 11 is 5.93. The molecule has 0 bridgehead atoms. The Kier molecular flexibility index (Phi) is 4.57. The standard InChI is InChI=1S/C17H14ClFN4O/c1-11-2-6-14(7-3-11)23-10-16(21-22-23)17(24)20-9-12-4-5-13(19)8-15(12)18/h2-8,10H,9H2,1H3,(H,20,24). The summed E-state index contributed by atoms with van der Waals surface area (Å²) in [5.41, 5.74) is 2.76. The SMILES string of the molecule is Cc1ccc(-n2cc(C(=O)NCc3ccc(F)cc3Cl)nn2)cc1.